The molecule has 0 heterocycles. The van der Waals surface area contributed by atoms with Crippen molar-refractivity contribution in [3.8, 4) is 0 Å². The molecule has 0 atom stereocenters. The van der Waals surface area contributed by atoms with E-state index in [9.17, 15) is 9.18 Å². The minimum absolute atomic E-state index is 0.107. The Kier molecular flexibility index (Phi) is 5.29. The van der Waals surface area contributed by atoms with Crippen LogP contribution in [-0.4, -0.2) is 17.0 Å². The Morgan fingerprint density at radius 1 is 1.47 bits per heavy atom. The van der Waals surface area contributed by atoms with Gasteiger partial charge in [0.2, 0.25) is 5.91 Å². The molecule has 104 valence electrons. The van der Waals surface area contributed by atoms with Crippen LogP contribution in [0, 0.1) is 11.7 Å². The van der Waals surface area contributed by atoms with Crippen LogP contribution in [0.2, 0.25) is 0 Å². The van der Waals surface area contributed by atoms with E-state index < -0.39 is 5.82 Å². The Labute approximate surface area is 111 Å². The molecule has 5 nitrogen and oxygen atoms in total. The van der Waals surface area contributed by atoms with Crippen molar-refractivity contribution in [1.82, 2.24) is 0 Å². The van der Waals surface area contributed by atoms with Crippen LogP contribution in [0.25, 0.3) is 0 Å². The maximum Gasteiger partial charge on any atom is 0.227 e. The molecule has 0 aromatic heterocycles. The first-order valence-corrected chi connectivity index (χ1v) is 6.12. The van der Waals surface area contributed by atoms with Crippen molar-refractivity contribution < 1.29 is 14.4 Å². The highest BCUT2D eigenvalue weighted by atomic mass is 19.1. The van der Waals surface area contributed by atoms with Gasteiger partial charge in [0.05, 0.1) is 11.3 Å². The fourth-order valence-corrected chi connectivity index (χ4v) is 1.83. The summed E-state index contributed by atoms with van der Waals surface area (Å²) in [6, 6.07) is 4.14. The number of carbonyl (C=O) groups excluding carboxylic acids is 1. The third kappa shape index (κ3) is 3.43. The molecule has 0 aliphatic rings. The van der Waals surface area contributed by atoms with E-state index in [4.69, 9.17) is 10.9 Å². The zero-order chi connectivity index (χ0) is 14.4. The summed E-state index contributed by atoms with van der Waals surface area (Å²) in [5.74, 6) is -1.39. The molecular weight excluding hydrogens is 249 g/mol. The molecule has 1 aromatic carbocycles. The topological polar surface area (TPSA) is 87.7 Å². The Morgan fingerprint density at radius 3 is 2.63 bits per heavy atom. The molecule has 0 bridgehead atoms. The summed E-state index contributed by atoms with van der Waals surface area (Å²) in [6.45, 7) is 3.81. The molecule has 6 heteroatoms. The predicted molar refractivity (Wildman–Crippen MR) is 71.6 cm³/mol. The van der Waals surface area contributed by atoms with E-state index in [0.717, 1.165) is 0 Å². The molecule has 0 aliphatic heterocycles. The third-order valence-electron chi connectivity index (χ3n) is 2.99. The molecule has 1 rings (SSSR count). The molecule has 19 heavy (non-hydrogen) atoms. The van der Waals surface area contributed by atoms with Crippen LogP contribution >= 0.6 is 0 Å². The number of nitrogens with zero attached hydrogens (tertiary/aromatic N) is 1. The summed E-state index contributed by atoms with van der Waals surface area (Å²) in [4.78, 5) is 12.0. The van der Waals surface area contributed by atoms with Crippen LogP contribution in [0.1, 0.15) is 32.3 Å². The van der Waals surface area contributed by atoms with Crippen molar-refractivity contribution in [2.24, 2.45) is 16.8 Å². The first-order valence-electron chi connectivity index (χ1n) is 6.12. The zero-order valence-electron chi connectivity index (χ0n) is 11.0. The summed E-state index contributed by atoms with van der Waals surface area (Å²) in [5, 5.41) is 14.0. The summed E-state index contributed by atoms with van der Waals surface area (Å²) in [7, 11) is 0. The fourth-order valence-electron chi connectivity index (χ4n) is 1.83. The molecule has 1 amide bonds. The van der Waals surface area contributed by atoms with Gasteiger partial charge in [0.1, 0.15) is 5.82 Å². The SMILES string of the molecule is CCC(CC)C(=O)Nc1cccc(F)c1/C(N)=N/O. The maximum atomic E-state index is 13.7. The number of rotatable bonds is 5. The van der Waals surface area contributed by atoms with Gasteiger partial charge >= 0.3 is 0 Å². The third-order valence-corrected chi connectivity index (χ3v) is 2.99. The smallest absolute Gasteiger partial charge is 0.227 e. The first kappa shape index (κ1) is 14.9. The number of anilines is 1. The lowest BCUT2D eigenvalue weighted by Gasteiger charge is -2.15. The molecule has 0 saturated carbocycles. The van der Waals surface area contributed by atoms with Crippen LogP contribution in [0.4, 0.5) is 10.1 Å². The minimum atomic E-state index is -0.655. The fraction of sp³-hybridized carbons (Fsp3) is 0.385. The van der Waals surface area contributed by atoms with Crippen molar-refractivity contribution in [3.05, 3.63) is 29.6 Å². The van der Waals surface area contributed by atoms with Gasteiger partial charge in [0, 0.05) is 5.92 Å². The van der Waals surface area contributed by atoms with Gasteiger partial charge in [-0.2, -0.15) is 0 Å². The lowest BCUT2D eigenvalue weighted by Crippen LogP contribution is -2.25. The van der Waals surface area contributed by atoms with Crippen molar-refractivity contribution >= 4 is 17.4 Å². The number of benzene rings is 1. The monoisotopic (exact) mass is 267 g/mol. The summed E-state index contributed by atoms with van der Waals surface area (Å²) >= 11 is 0. The largest absolute Gasteiger partial charge is 0.409 e. The second-order valence-corrected chi connectivity index (χ2v) is 4.15. The Morgan fingerprint density at radius 2 is 2.11 bits per heavy atom. The number of amidine groups is 1. The van der Waals surface area contributed by atoms with Crippen molar-refractivity contribution in [1.29, 1.82) is 0 Å². The molecule has 0 fully saturated rings. The highest BCUT2D eigenvalue weighted by Gasteiger charge is 2.18. The van der Waals surface area contributed by atoms with E-state index in [2.05, 4.69) is 10.5 Å². The van der Waals surface area contributed by atoms with E-state index in [0.29, 0.717) is 12.8 Å². The molecular formula is C13H18FN3O2. The molecule has 0 saturated heterocycles. The van der Waals surface area contributed by atoms with Crippen LogP contribution < -0.4 is 11.1 Å². The van der Waals surface area contributed by atoms with Gasteiger partial charge in [-0.25, -0.2) is 4.39 Å². The number of halogens is 1. The van der Waals surface area contributed by atoms with E-state index in [-0.39, 0.29) is 28.9 Å². The number of amides is 1. The predicted octanol–water partition coefficient (Wildman–Crippen LogP) is 2.29. The highest BCUT2D eigenvalue weighted by molar-refractivity contribution is 6.06. The van der Waals surface area contributed by atoms with Crippen molar-refractivity contribution in [2.75, 3.05) is 5.32 Å². The summed E-state index contributed by atoms with van der Waals surface area (Å²) in [6.07, 6.45) is 1.38. The number of nitrogens with one attached hydrogen (secondary N) is 1. The number of carbonyl (C=O) groups is 1. The maximum absolute atomic E-state index is 13.7. The van der Waals surface area contributed by atoms with E-state index in [1.54, 1.807) is 0 Å². The Bertz CT molecular complexity index is 485. The number of hydrogen-bond donors (Lipinski definition) is 3. The van der Waals surface area contributed by atoms with Gasteiger partial charge in [-0.05, 0) is 25.0 Å². The van der Waals surface area contributed by atoms with Crippen LogP contribution in [0.3, 0.4) is 0 Å². The van der Waals surface area contributed by atoms with Gasteiger partial charge in [0.15, 0.2) is 5.84 Å². The number of hydrogen-bond acceptors (Lipinski definition) is 3. The normalized spacial score (nSPS) is 11.7. The number of nitrogens with two attached hydrogens (primary N) is 1. The molecule has 0 unspecified atom stereocenters. The van der Waals surface area contributed by atoms with Gasteiger partial charge in [-0.1, -0.05) is 25.1 Å². The van der Waals surface area contributed by atoms with Gasteiger partial charge in [-0.3, -0.25) is 4.79 Å². The molecule has 4 N–H and O–H groups in total. The molecule has 0 aliphatic carbocycles. The van der Waals surface area contributed by atoms with Gasteiger partial charge in [-0.15, -0.1) is 0 Å². The lowest BCUT2D eigenvalue weighted by atomic mass is 10.0. The molecule has 1 aromatic rings. The molecule has 0 spiro atoms. The van der Waals surface area contributed by atoms with Crippen LogP contribution in [0.15, 0.2) is 23.4 Å². The lowest BCUT2D eigenvalue weighted by molar-refractivity contribution is -0.120. The minimum Gasteiger partial charge on any atom is -0.409 e. The van der Waals surface area contributed by atoms with E-state index in [1.807, 2.05) is 13.8 Å². The van der Waals surface area contributed by atoms with Crippen LogP contribution in [0.5, 0.6) is 0 Å². The Balaban J connectivity index is 3.08. The highest BCUT2D eigenvalue weighted by Crippen LogP contribution is 2.20. The standard InChI is InChI=1S/C13H18FN3O2/c1-3-8(4-2)13(18)16-10-7-5-6-9(14)11(10)12(15)17-19/h5-8,19H,3-4H2,1-2H3,(H2,15,17)(H,16,18). The summed E-state index contributed by atoms with van der Waals surface area (Å²) < 4.78 is 13.7. The van der Waals surface area contributed by atoms with E-state index in [1.165, 1.54) is 18.2 Å². The second-order valence-electron chi connectivity index (χ2n) is 4.15. The van der Waals surface area contributed by atoms with Crippen molar-refractivity contribution in [2.45, 2.75) is 26.7 Å². The van der Waals surface area contributed by atoms with Crippen molar-refractivity contribution in [3.63, 3.8) is 0 Å². The van der Waals surface area contributed by atoms with Gasteiger partial charge in [0.25, 0.3) is 0 Å². The van der Waals surface area contributed by atoms with Crippen LogP contribution in [-0.2, 0) is 4.79 Å². The quantitative estimate of drug-likeness (QED) is 0.331. The average Bonchev–Trinajstić information content (AvgIpc) is 2.39. The summed E-state index contributed by atoms with van der Waals surface area (Å²) in [5.41, 5.74) is 5.52. The Hall–Kier alpha value is -2.11. The first-order chi connectivity index (χ1) is 9.04. The second kappa shape index (κ2) is 6.72. The van der Waals surface area contributed by atoms with Gasteiger partial charge < -0.3 is 16.3 Å². The van der Waals surface area contributed by atoms with E-state index >= 15 is 0 Å². The number of oxime groups is 1. The molecule has 0 radical (unpaired) electrons. The average molecular weight is 267 g/mol. The zero-order valence-corrected chi connectivity index (χ0v) is 11.0.